The number of piperidine rings is 1. The van der Waals surface area contributed by atoms with E-state index < -0.39 is 0 Å². The fraction of sp³-hybridized carbons (Fsp3) is 0.474. The van der Waals surface area contributed by atoms with Crippen LogP contribution in [-0.2, 0) is 0 Å². The maximum absolute atomic E-state index is 5.04. The molecule has 1 aromatic heterocycles. The summed E-state index contributed by atoms with van der Waals surface area (Å²) in [6, 6.07) is 9.31. The fourth-order valence-electron chi connectivity index (χ4n) is 3.45. The molecule has 2 aliphatic rings. The summed E-state index contributed by atoms with van der Waals surface area (Å²) in [5.74, 6) is 1.26. The van der Waals surface area contributed by atoms with E-state index in [1.54, 1.807) is 5.57 Å². The van der Waals surface area contributed by atoms with Crippen molar-refractivity contribution in [1.29, 1.82) is 0 Å². The molecule has 0 amide bonds. The Morgan fingerprint density at radius 3 is 2.43 bits per heavy atom. The first-order chi connectivity index (χ1) is 11.3. The Balaban J connectivity index is 1.40. The van der Waals surface area contributed by atoms with Crippen LogP contribution in [0.1, 0.15) is 43.6 Å². The van der Waals surface area contributed by atoms with Crippen LogP contribution in [-0.4, -0.2) is 34.2 Å². The Labute approximate surface area is 137 Å². The quantitative estimate of drug-likeness (QED) is 0.857. The van der Waals surface area contributed by atoms with Crippen molar-refractivity contribution in [3.63, 3.8) is 0 Å². The molecule has 1 saturated heterocycles. The molecule has 1 saturated carbocycles. The SMILES string of the molecule is Cc1nc(-c2ccc(C=C3CCN(C4CCC4)CC3)cc2)no1. The molecule has 0 radical (unpaired) electrons. The lowest BCUT2D eigenvalue weighted by Gasteiger charge is -2.40. The summed E-state index contributed by atoms with van der Waals surface area (Å²) in [5.41, 5.74) is 3.84. The number of aryl methyl sites for hydroxylation is 1. The van der Waals surface area contributed by atoms with Gasteiger partial charge in [0.15, 0.2) is 0 Å². The van der Waals surface area contributed by atoms with Gasteiger partial charge in [0, 0.05) is 31.6 Å². The zero-order chi connectivity index (χ0) is 15.6. The van der Waals surface area contributed by atoms with E-state index >= 15 is 0 Å². The first-order valence-electron chi connectivity index (χ1n) is 8.62. The second-order valence-corrected chi connectivity index (χ2v) is 6.68. The molecule has 1 aromatic carbocycles. The highest BCUT2D eigenvalue weighted by Gasteiger charge is 2.26. The van der Waals surface area contributed by atoms with Crippen molar-refractivity contribution >= 4 is 6.08 Å². The van der Waals surface area contributed by atoms with Crippen LogP contribution in [0.25, 0.3) is 17.5 Å². The molecule has 4 heteroatoms. The van der Waals surface area contributed by atoms with Crippen LogP contribution in [0, 0.1) is 6.92 Å². The normalized spacial score (nSPS) is 19.6. The van der Waals surface area contributed by atoms with Crippen LogP contribution in [0.4, 0.5) is 0 Å². The van der Waals surface area contributed by atoms with Crippen LogP contribution >= 0.6 is 0 Å². The third kappa shape index (κ3) is 3.22. The highest BCUT2D eigenvalue weighted by atomic mass is 16.5. The van der Waals surface area contributed by atoms with Crippen molar-refractivity contribution in [2.75, 3.05) is 13.1 Å². The van der Waals surface area contributed by atoms with E-state index in [1.807, 2.05) is 6.92 Å². The number of aromatic nitrogens is 2. The van der Waals surface area contributed by atoms with Gasteiger partial charge in [0.1, 0.15) is 0 Å². The summed E-state index contributed by atoms with van der Waals surface area (Å²) < 4.78 is 5.04. The summed E-state index contributed by atoms with van der Waals surface area (Å²) in [6.07, 6.45) is 9.02. The first kappa shape index (κ1) is 14.6. The maximum Gasteiger partial charge on any atom is 0.223 e. The second-order valence-electron chi connectivity index (χ2n) is 6.68. The van der Waals surface area contributed by atoms with E-state index in [0.717, 1.165) is 11.6 Å². The second kappa shape index (κ2) is 6.28. The molecule has 0 unspecified atom stereocenters. The third-order valence-electron chi connectivity index (χ3n) is 5.10. The van der Waals surface area contributed by atoms with E-state index in [1.165, 1.54) is 50.8 Å². The van der Waals surface area contributed by atoms with Crippen molar-refractivity contribution in [2.45, 2.75) is 45.1 Å². The molecule has 4 rings (SSSR count). The molecule has 1 aliphatic heterocycles. The summed E-state index contributed by atoms with van der Waals surface area (Å²) in [7, 11) is 0. The molecule has 0 atom stereocenters. The van der Waals surface area contributed by atoms with Gasteiger partial charge in [-0.1, -0.05) is 47.5 Å². The predicted molar refractivity (Wildman–Crippen MR) is 90.9 cm³/mol. The lowest BCUT2D eigenvalue weighted by Crippen LogP contribution is -2.43. The van der Waals surface area contributed by atoms with Crippen LogP contribution in [0.5, 0.6) is 0 Å². The molecule has 4 nitrogen and oxygen atoms in total. The highest BCUT2D eigenvalue weighted by Crippen LogP contribution is 2.29. The monoisotopic (exact) mass is 309 g/mol. The standard InChI is InChI=1S/C19H23N3O/c1-14-20-19(21-23-14)17-7-5-15(6-8-17)13-16-9-11-22(12-10-16)18-3-2-4-18/h5-8,13,18H,2-4,9-12H2,1H3. The van der Waals surface area contributed by atoms with Gasteiger partial charge in [-0.25, -0.2) is 0 Å². The molecule has 0 spiro atoms. The maximum atomic E-state index is 5.04. The van der Waals surface area contributed by atoms with Gasteiger partial charge in [-0.2, -0.15) is 4.98 Å². The van der Waals surface area contributed by atoms with Crippen LogP contribution in [0.15, 0.2) is 34.4 Å². The summed E-state index contributed by atoms with van der Waals surface area (Å²) in [5, 5.41) is 3.96. The predicted octanol–water partition coefficient (Wildman–Crippen LogP) is 4.08. The zero-order valence-corrected chi connectivity index (χ0v) is 13.7. The van der Waals surface area contributed by atoms with Gasteiger partial charge < -0.3 is 4.52 Å². The molecule has 0 bridgehead atoms. The van der Waals surface area contributed by atoms with Crippen molar-refractivity contribution in [1.82, 2.24) is 15.0 Å². The Kier molecular flexibility index (Phi) is 4.00. The van der Waals surface area contributed by atoms with Crippen LogP contribution in [0.3, 0.4) is 0 Å². The van der Waals surface area contributed by atoms with Gasteiger partial charge in [0.05, 0.1) is 0 Å². The lowest BCUT2D eigenvalue weighted by molar-refractivity contribution is 0.118. The summed E-state index contributed by atoms with van der Waals surface area (Å²) in [4.78, 5) is 6.95. The van der Waals surface area contributed by atoms with Crippen LogP contribution in [0.2, 0.25) is 0 Å². The molecule has 120 valence electrons. The average molecular weight is 309 g/mol. The zero-order valence-electron chi connectivity index (χ0n) is 13.7. The Hall–Kier alpha value is -1.94. The minimum atomic E-state index is 0.601. The third-order valence-corrected chi connectivity index (χ3v) is 5.10. The number of hydrogen-bond acceptors (Lipinski definition) is 4. The molecule has 1 aliphatic carbocycles. The summed E-state index contributed by atoms with van der Waals surface area (Å²) >= 11 is 0. The molecule has 0 N–H and O–H groups in total. The number of rotatable bonds is 3. The van der Waals surface area contributed by atoms with E-state index in [9.17, 15) is 0 Å². The van der Waals surface area contributed by atoms with E-state index in [-0.39, 0.29) is 0 Å². The van der Waals surface area contributed by atoms with Crippen LogP contribution < -0.4 is 0 Å². The largest absolute Gasteiger partial charge is 0.339 e. The minimum Gasteiger partial charge on any atom is -0.339 e. The number of likely N-dealkylation sites (tertiary alicyclic amines) is 1. The van der Waals surface area contributed by atoms with Crippen molar-refractivity contribution < 1.29 is 4.52 Å². The molecular formula is C19H23N3O. The van der Waals surface area contributed by atoms with E-state index in [2.05, 4.69) is 45.4 Å². The van der Waals surface area contributed by atoms with Gasteiger partial charge in [-0.3, -0.25) is 4.90 Å². The van der Waals surface area contributed by atoms with Crippen molar-refractivity contribution in [2.24, 2.45) is 0 Å². The van der Waals surface area contributed by atoms with Gasteiger partial charge in [0.25, 0.3) is 0 Å². The Bertz CT molecular complexity index is 688. The molecule has 2 heterocycles. The topological polar surface area (TPSA) is 42.2 Å². The van der Waals surface area contributed by atoms with Crippen molar-refractivity contribution in [3.8, 4) is 11.4 Å². The lowest BCUT2D eigenvalue weighted by atomic mass is 9.89. The Morgan fingerprint density at radius 1 is 1.13 bits per heavy atom. The number of nitrogens with zero attached hydrogens (tertiary/aromatic N) is 3. The van der Waals surface area contributed by atoms with E-state index in [0.29, 0.717) is 11.7 Å². The number of benzene rings is 1. The molecule has 23 heavy (non-hydrogen) atoms. The van der Waals surface area contributed by atoms with Gasteiger partial charge in [-0.15, -0.1) is 0 Å². The smallest absolute Gasteiger partial charge is 0.223 e. The Morgan fingerprint density at radius 2 is 1.87 bits per heavy atom. The highest BCUT2D eigenvalue weighted by molar-refractivity contribution is 5.60. The molecule has 2 aromatic rings. The van der Waals surface area contributed by atoms with Crippen molar-refractivity contribution in [3.05, 3.63) is 41.3 Å². The van der Waals surface area contributed by atoms with Gasteiger partial charge in [0.2, 0.25) is 11.7 Å². The first-order valence-corrected chi connectivity index (χ1v) is 8.62. The van der Waals surface area contributed by atoms with Gasteiger partial charge >= 0.3 is 0 Å². The fourth-order valence-corrected chi connectivity index (χ4v) is 3.45. The van der Waals surface area contributed by atoms with E-state index in [4.69, 9.17) is 4.52 Å². The molecular weight excluding hydrogens is 286 g/mol. The molecule has 2 fully saturated rings. The van der Waals surface area contributed by atoms with Gasteiger partial charge in [-0.05, 0) is 31.2 Å². The number of hydrogen-bond donors (Lipinski definition) is 0. The summed E-state index contributed by atoms with van der Waals surface area (Å²) in [6.45, 7) is 4.28. The average Bonchev–Trinajstić information content (AvgIpc) is 2.95. The minimum absolute atomic E-state index is 0.601.